The number of hydrogen-bond acceptors (Lipinski definition) is 13. The molecule has 2 rings (SSSR count). The molecule has 0 aliphatic carbocycles. The fourth-order valence-corrected chi connectivity index (χ4v) is 3.12. The van der Waals surface area contributed by atoms with Crippen molar-refractivity contribution in [1.82, 2.24) is 5.32 Å². The Morgan fingerprint density at radius 2 is 1.56 bits per heavy atom. The van der Waals surface area contributed by atoms with E-state index in [1.165, 1.54) is 0 Å². The summed E-state index contributed by atoms with van der Waals surface area (Å²) in [5, 5.41) is 21.0. The first-order valence-corrected chi connectivity index (χ1v) is 9.83. The average Bonchev–Trinajstić information content (AvgIpc) is 3.20. The molecule has 1 aliphatic rings. The van der Waals surface area contributed by atoms with Crippen LogP contribution in [0.25, 0.3) is 0 Å². The lowest BCUT2D eigenvalue weighted by molar-refractivity contribution is -0.997. The number of ether oxygens (including phenoxy) is 5. The van der Waals surface area contributed by atoms with Gasteiger partial charge in [0.15, 0.2) is 18.0 Å². The van der Waals surface area contributed by atoms with Gasteiger partial charge in [-0.2, -0.15) is 5.23 Å². The van der Waals surface area contributed by atoms with E-state index in [2.05, 4.69) is 5.32 Å². The molecule has 1 aliphatic heterocycles. The molecule has 0 radical (unpaired) electrons. The molecular formula is C19H24N2O13. The van der Waals surface area contributed by atoms with Crippen LogP contribution in [0.5, 0.6) is 0 Å². The third-order valence-electron chi connectivity index (χ3n) is 4.32. The second kappa shape index (κ2) is 11.6. The highest BCUT2D eigenvalue weighted by atomic mass is 16.8. The summed E-state index contributed by atoms with van der Waals surface area (Å²) in [6, 6.07) is 0.673. The lowest BCUT2D eigenvalue weighted by atomic mass is 9.96. The molecule has 188 valence electrons. The van der Waals surface area contributed by atoms with E-state index in [0.717, 1.165) is 39.8 Å². The summed E-state index contributed by atoms with van der Waals surface area (Å²) in [6.45, 7) is 3.81. The average molecular weight is 488 g/mol. The second-order valence-corrected chi connectivity index (χ2v) is 7.07. The van der Waals surface area contributed by atoms with E-state index in [9.17, 15) is 29.2 Å². The number of quaternary nitrogens is 1. The van der Waals surface area contributed by atoms with Gasteiger partial charge in [-0.1, -0.05) is 0 Å². The first kappa shape index (κ1) is 26.7. The van der Waals surface area contributed by atoms with Gasteiger partial charge in [0.2, 0.25) is 6.29 Å². The summed E-state index contributed by atoms with van der Waals surface area (Å²) in [5.74, 6) is -5.11. The van der Waals surface area contributed by atoms with E-state index in [-0.39, 0.29) is 0 Å². The number of hydrogen-bond donors (Lipinski definition) is 3. The number of furan rings is 1. The lowest BCUT2D eigenvalue weighted by Crippen LogP contribution is -2.99. The fraction of sp³-hybridized carbons (Fsp3) is 0.526. The number of carbonyl (C=O) groups excluding carboxylic acids is 5. The fourth-order valence-electron chi connectivity index (χ4n) is 3.12. The highest BCUT2D eigenvalue weighted by Gasteiger charge is 2.52. The van der Waals surface area contributed by atoms with Gasteiger partial charge in [0, 0.05) is 33.8 Å². The van der Waals surface area contributed by atoms with Gasteiger partial charge in [0.1, 0.15) is 18.8 Å². The largest absolute Gasteiger partial charge is 0.592 e. The predicted molar refractivity (Wildman–Crippen MR) is 104 cm³/mol. The maximum Gasteiger partial charge on any atom is 0.329 e. The molecule has 1 amide bonds. The van der Waals surface area contributed by atoms with Crippen LogP contribution in [-0.2, 0) is 42.9 Å². The summed E-state index contributed by atoms with van der Waals surface area (Å²) in [4.78, 5) is 59.3. The molecule has 3 N–H and O–H groups in total. The van der Waals surface area contributed by atoms with Crippen LogP contribution in [0.4, 0.5) is 5.88 Å². The van der Waals surface area contributed by atoms with Crippen molar-refractivity contribution < 1.29 is 62.5 Å². The number of amides is 1. The maximum atomic E-state index is 12.7. The Morgan fingerprint density at radius 3 is 2.06 bits per heavy atom. The van der Waals surface area contributed by atoms with Crippen LogP contribution in [0.3, 0.4) is 0 Å². The van der Waals surface area contributed by atoms with E-state index < -0.39 is 83.9 Å². The molecule has 2 heterocycles. The van der Waals surface area contributed by atoms with Crippen molar-refractivity contribution in [1.29, 1.82) is 0 Å². The smallest absolute Gasteiger partial charge is 0.329 e. The van der Waals surface area contributed by atoms with Crippen molar-refractivity contribution in [2.75, 3.05) is 6.61 Å². The van der Waals surface area contributed by atoms with E-state index in [1.54, 1.807) is 0 Å². The van der Waals surface area contributed by atoms with Crippen LogP contribution in [0, 0.1) is 5.21 Å². The van der Waals surface area contributed by atoms with Crippen molar-refractivity contribution in [3.05, 3.63) is 23.1 Å². The van der Waals surface area contributed by atoms with Crippen LogP contribution in [-0.4, -0.2) is 72.2 Å². The highest BCUT2D eigenvalue weighted by molar-refractivity contribution is 5.92. The summed E-state index contributed by atoms with van der Waals surface area (Å²) >= 11 is 0. The summed E-state index contributed by atoms with van der Waals surface area (Å²) in [5.41, 5.74) is 0. The number of carbonyl (C=O) groups is 5. The summed E-state index contributed by atoms with van der Waals surface area (Å²) in [7, 11) is 0. The van der Waals surface area contributed by atoms with Crippen molar-refractivity contribution in [2.45, 2.75) is 58.3 Å². The predicted octanol–water partition coefficient (Wildman–Crippen LogP) is -1.50. The second-order valence-electron chi connectivity index (χ2n) is 7.07. The first-order valence-electron chi connectivity index (χ1n) is 9.83. The Labute approximate surface area is 192 Å². The molecule has 1 fully saturated rings. The quantitative estimate of drug-likeness (QED) is 0.217. The Hall–Kier alpha value is -3.53. The minimum absolute atomic E-state index is 0.424. The lowest BCUT2D eigenvalue weighted by Gasteiger charge is -2.44. The summed E-state index contributed by atoms with van der Waals surface area (Å²) in [6.07, 6.45) is -5.72. The molecule has 34 heavy (non-hydrogen) atoms. The molecule has 1 aromatic heterocycles. The SMILES string of the molecule is CC(=O)OC[C@@H]1O[C@@H](OC(C)=O)[C@@H](NC(=O)c2ccc([NH+]([O-])O)o2)[C@@H](OC(C)=O)[C@H]1OC(C)=O. The molecule has 0 aromatic carbocycles. The van der Waals surface area contributed by atoms with Gasteiger partial charge in [-0.15, -0.1) is 0 Å². The van der Waals surface area contributed by atoms with Crippen LogP contribution in [0.15, 0.2) is 16.5 Å². The zero-order chi connectivity index (χ0) is 25.6. The molecular weight excluding hydrogens is 464 g/mol. The van der Waals surface area contributed by atoms with Crippen molar-refractivity contribution in [3.8, 4) is 0 Å². The summed E-state index contributed by atoms with van der Waals surface area (Å²) < 4.78 is 31.1. The Balaban J connectivity index is 2.43. The van der Waals surface area contributed by atoms with E-state index >= 15 is 0 Å². The van der Waals surface area contributed by atoms with Crippen LogP contribution in [0.2, 0.25) is 0 Å². The van der Waals surface area contributed by atoms with Gasteiger partial charge < -0.3 is 38.6 Å². The van der Waals surface area contributed by atoms with Crippen molar-refractivity contribution in [3.63, 3.8) is 0 Å². The Kier molecular flexibility index (Phi) is 9.08. The van der Waals surface area contributed by atoms with Crippen LogP contribution >= 0.6 is 0 Å². The topological polar surface area (TPSA) is 204 Å². The number of esters is 4. The maximum absolute atomic E-state index is 12.7. The van der Waals surface area contributed by atoms with E-state index in [0.29, 0.717) is 0 Å². The molecule has 6 atom stereocenters. The number of rotatable bonds is 8. The normalized spacial score (nSPS) is 24.9. The molecule has 15 heteroatoms. The molecule has 0 spiro atoms. The highest BCUT2D eigenvalue weighted by Crippen LogP contribution is 2.28. The van der Waals surface area contributed by atoms with Gasteiger partial charge in [-0.25, -0.2) is 5.21 Å². The standard InChI is InChI=1S/C19H24N2O13/c1-8(22)29-7-13-16(30-9(2)23)17(31-10(3)24)15(19(34-13)32-11(4)25)20-18(26)12-5-6-14(33-12)21(27)28/h5-6,13,15-17,19,21,27H,7H2,1-4H3,(H,20,26)/t13-,15-,16-,17+,19+/m0/s1. The van der Waals surface area contributed by atoms with Gasteiger partial charge in [0.05, 0.1) is 0 Å². The van der Waals surface area contributed by atoms with E-state index in [4.69, 9.17) is 33.3 Å². The molecule has 1 saturated heterocycles. The van der Waals surface area contributed by atoms with Gasteiger partial charge in [0.25, 0.3) is 5.91 Å². The molecule has 1 unspecified atom stereocenters. The number of nitrogens with one attached hydrogen (secondary N) is 2. The van der Waals surface area contributed by atoms with Gasteiger partial charge >= 0.3 is 29.8 Å². The van der Waals surface area contributed by atoms with E-state index in [1.807, 2.05) is 0 Å². The zero-order valence-corrected chi connectivity index (χ0v) is 18.6. The minimum Gasteiger partial charge on any atom is -0.592 e. The van der Waals surface area contributed by atoms with Crippen molar-refractivity contribution >= 4 is 35.7 Å². The third kappa shape index (κ3) is 7.24. The molecule has 1 aromatic rings. The minimum atomic E-state index is -1.59. The Morgan fingerprint density at radius 1 is 0.971 bits per heavy atom. The zero-order valence-electron chi connectivity index (χ0n) is 18.6. The molecule has 15 nitrogen and oxygen atoms in total. The van der Waals surface area contributed by atoms with Gasteiger partial charge in [-0.3, -0.25) is 24.0 Å². The van der Waals surface area contributed by atoms with Crippen LogP contribution < -0.4 is 10.5 Å². The Bertz CT molecular complexity index is 927. The molecule has 0 saturated carbocycles. The monoisotopic (exact) mass is 488 g/mol. The van der Waals surface area contributed by atoms with Crippen molar-refractivity contribution in [2.24, 2.45) is 0 Å². The molecule has 0 bridgehead atoms. The third-order valence-corrected chi connectivity index (χ3v) is 4.32. The van der Waals surface area contributed by atoms with Crippen LogP contribution in [0.1, 0.15) is 38.2 Å². The first-order chi connectivity index (χ1) is 15.9. The van der Waals surface area contributed by atoms with Gasteiger partial charge in [-0.05, 0) is 6.07 Å².